The molecule has 4 rings (SSSR count). The first-order valence-electron chi connectivity index (χ1n) is 11.0. The summed E-state index contributed by atoms with van der Waals surface area (Å²) >= 11 is 0. The number of methoxy groups -OCH3 is 2. The van der Waals surface area contributed by atoms with Gasteiger partial charge in [0.2, 0.25) is 0 Å². The summed E-state index contributed by atoms with van der Waals surface area (Å²) in [4.78, 5) is 12.4. The largest absolute Gasteiger partial charge is 0.496 e. The molecule has 11 nitrogen and oxygen atoms in total. The first-order chi connectivity index (χ1) is 16.7. The lowest BCUT2D eigenvalue weighted by Gasteiger charge is -2.14. The fourth-order valence-electron chi connectivity index (χ4n) is 3.99. The number of anilines is 1. The number of sulfonamides is 1. The van der Waals surface area contributed by atoms with Crippen molar-refractivity contribution in [2.45, 2.75) is 37.4 Å². The van der Waals surface area contributed by atoms with Crippen LogP contribution in [0.1, 0.15) is 24.5 Å². The molecule has 0 radical (unpaired) electrons. The standard InChI is InChI=1S/C23H27N3O8S/c1-4-14-5-6-17(31-2)20(11-14)35(29,30)25-22-21-18(32-3)9-15(10-19(21)34-24-22)13-33-16-7-8-26(12-16)23(27)28/h5-6,9-11,16H,4,7-8,12-13H2,1-3H3,(H,24,25)(H,27,28)/t16-/m1/s1. The summed E-state index contributed by atoms with van der Waals surface area (Å²) in [7, 11) is -1.18. The Bertz CT molecular complexity index is 1340. The van der Waals surface area contributed by atoms with Crippen LogP contribution in [0.25, 0.3) is 11.0 Å². The molecule has 1 atom stereocenters. The van der Waals surface area contributed by atoms with Gasteiger partial charge in [-0.15, -0.1) is 0 Å². The lowest BCUT2D eigenvalue weighted by atomic mass is 10.1. The number of aromatic nitrogens is 1. The molecule has 0 aliphatic carbocycles. The number of fused-ring (bicyclic) bond motifs is 1. The molecule has 3 aromatic rings. The zero-order valence-corrected chi connectivity index (χ0v) is 20.4. The minimum atomic E-state index is -4.05. The number of ether oxygens (including phenoxy) is 3. The summed E-state index contributed by atoms with van der Waals surface area (Å²) in [5, 5.41) is 13.4. The molecule has 1 aromatic heterocycles. The van der Waals surface area contributed by atoms with Crippen LogP contribution in [0.5, 0.6) is 11.5 Å². The molecule has 1 amide bonds. The van der Waals surface area contributed by atoms with Gasteiger partial charge in [0, 0.05) is 6.54 Å². The Balaban J connectivity index is 1.58. The molecule has 0 unspecified atom stereocenters. The van der Waals surface area contributed by atoms with E-state index in [1.165, 1.54) is 19.1 Å². The summed E-state index contributed by atoms with van der Waals surface area (Å²) < 4.78 is 50.9. The summed E-state index contributed by atoms with van der Waals surface area (Å²) in [6.45, 7) is 2.87. The van der Waals surface area contributed by atoms with Gasteiger partial charge in [0.05, 0.1) is 33.5 Å². The van der Waals surface area contributed by atoms with Gasteiger partial charge in [0.25, 0.3) is 10.0 Å². The molecule has 0 bridgehead atoms. The van der Waals surface area contributed by atoms with Crippen LogP contribution in [0.15, 0.2) is 39.8 Å². The van der Waals surface area contributed by atoms with Crippen LogP contribution in [0.2, 0.25) is 0 Å². The SMILES string of the molecule is CCc1ccc(OC)c(S(=O)(=O)Nc2noc3cc(CO[C@@H]4CCN(C(=O)O)C4)cc(OC)c23)c1. The van der Waals surface area contributed by atoms with Gasteiger partial charge < -0.3 is 28.7 Å². The second-order valence-corrected chi connectivity index (χ2v) is 9.75. The highest BCUT2D eigenvalue weighted by molar-refractivity contribution is 7.92. The van der Waals surface area contributed by atoms with E-state index in [-0.39, 0.29) is 29.2 Å². The van der Waals surface area contributed by atoms with E-state index in [0.717, 1.165) is 5.56 Å². The Morgan fingerprint density at radius 3 is 2.63 bits per heavy atom. The number of likely N-dealkylation sites (tertiary alicyclic amines) is 1. The smallest absolute Gasteiger partial charge is 0.407 e. The predicted molar refractivity (Wildman–Crippen MR) is 127 cm³/mol. The number of amides is 1. The van der Waals surface area contributed by atoms with E-state index < -0.39 is 16.1 Å². The summed E-state index contributed by atoms with van der Waals surface area (Å²) in [5.74, 6) is 0.552. The number of nitrogens with one attached hydrogen (secondary N) is 1. The Morgan fingerprint density at radius 1 is 1.20 bits per heavy atom. The predicted octanol–water partition coefficient (Wildman–Crippen LogP) is 3.48. The van der Waals surface area contributed by atoms with Crippen molar-refractivity contribution in [3.05, 3.63) is 41.5 Å². The zero-order valence-electron chi connectivity index (χ0n) is 19.6. The lowest BCUT2D eigenvalue weighted by molar-refractivity contribution is 0.0465. The molecular formula is C23H27N3O8S. The number of hydrogen-bond donors (Lipinski definition) is 2. The Kier molecular flexibility index (Phi) is 7.03. The van der Waals surface area contributed by atoms with Crippen molar-refractivity contribution in [3.8, 4) is 11.5 Å². The first kappa shape index (κ1) is 24.6. The number of carboxylic acid groups (broad SMARTS) is 1. The minimum absolute atomic E-state index is 0.00791. The Morgan fingerprint density at radius 2 is 1.97 bits per heavy atom. The average Bonchev–Trinajstić information content (AvgIpc) is 3.49. The van der Waals surface area contributed by atoms with Crippen LogP contribution in [-0.4, -0.2) is 63.1 Å². The maximum Gasteiger partial charge on any atom is 0.407 e. The van der Waals surface area contributed by atoms with E-state index in [4.69, 9.17) is 23.8 Å². The van der Waals surface area contributed by atoms with E-state index >= 15 is 0 Å². The van der Waals surface area contributed by atoms with Gasteiger partial charge in [-0.05, 0) is 48.2 Å². The van der Waals surface area contributed by atoms with E-state index in [1.54, 1.807) is 30.3 Å². The molecule has 1 fully saturated rings. The van der Waals surface area contributed by atoms with Crippen molar-refractivity contribution in [2.75, 3.05) is 32.0 Å². The van der Waals surface area contributed by atoms with Gasteiger partial charge in [0.1, 0.15) is 21.8 Å². The van der Waals surface area contributed by atoms with Crippen molar-refractivity contribution in [3.63, 3.8) is 0 Å². The number of aryl methyl sites for hydroxylation is 1. The van der Waals surface area contributed by atoms with Crippen LogP contribution < -0.4 is 14.2 Å². The van der Waals surface area contributed by atoms with Gasteiger partial charge in [0.15, 0.2) is 11.4 Å². The van der Waals surface area contributed by atoms with Crippen LogP contribution >= 0.6 is 0 Å². The second kappa shape index (κ2) is 10.0. The number of carbonyl (C=O) groups is 1. The monoisotopic (exact) mass is 505 g/mol. The molecule has 0 spiro atoms. The third-order valence-electron chi connectivity index (χ3n) is 5.88. The molecule has 35 heavy (non-hydrogen) atoms. The van der Waals surface area contributed by atoms with E-state index in [0.29, 0.717) is 48.2 Å². The van der Waals surface area contributed by atoms with Crippen molar-refractivity contribution in [1.82, 2.24) is 10.1 Å². The highest BCUT2D eigenvalue weighted by atomic mass is 32.2. The Labute approximate surface area is 202 Å². The van der Waals surface area contributed by atoms with E-state index in [9.17, 15) is 13.2 Å². The van der Waals surface area contributed by atoms with Gasteiger partial charge in [-0.1, -0.05) is 18.1 Å². The number of hydrogen-bond acceptors (Lipinski definition) is 8. The Hall–Kier alpha value is -3.51. The lowest BCUT2D eigenvalue weighted by Crippen LogP contribution is -2.28. The highest BCUT2D eigenvalue weighted by Crippen LogP contribution is 2.36. The summed E-state index contributed by atoms with van der Waals surface area (Å²) in [5.41, 5.74) is 1.87. The van der Waals surface area contributed by atoms with Gasteiger partial charge in [-0.2, -0.15) is 0 Å². The highest BCUT2D eigenvalue weighted by Gasteiger charge is 2.27. The summed E-state index contributed by atoms with van der Waals surface area (Å²) in [6.07, 6.45) is 0.101. The fraction of sp³-hybridized carbons (Fsp3) is 0.391. The number of benzene rings is 2. The molecule has 2 N–H and O–H groups in total. The third kappa shape index (κ3) is 5.13. The van der Waals surface area contributed by atoms with Crippen molar-refractivity contribution in [2.24, 2.45) is 0 Å². The molecule has 0 saturated carbocycles. The van der Waals surface area contributed by atoms with Gasteiger partial charge >= 0.3 is 6.09 Å². The first-order valence-corrected chi connectivity index (χ1v) is 12.5. The van der Waals surface area contributed by atoms with E-state index in [1.807, 2.05) is 6.92 Å². The fourth-order valence-corrected chi connectivity index (χ4v) is 5.22. The molecule has 188 valence electrons. The number of rotatable bonds is 9. The molecule has 1 aliphatic rings. The zero-order chi connectivity index (χ0) is 25.2. The third-order valence-corrected chi connectivity index (χ3v) is 7.24. The van der Waals surface area contributed by atoms with Gasteiger partial charge in [-0.3, -0.25) is 4.72 Å². The quantitative estimate of drug-likeness (QED) is 0.447. The summed E-state index contributed by atoms with van der Waals surface area (Å²) in [6, 6.07) is 8.37. The van der Waals surface area contributed by atoms with Crippen LogP contribution in [-0.2, 0) is 27.8 Å². The van der Waals surface area contributed by atoms with Crippen molar-refractivity contribution < 1.29 is 37.1 Å². The second-order valence-electron chi connectivity index (χ2n) is 8.10. The van der Waals surface area contributed by atoms with Crippen molar-refractivity contribution in [1.29, 1.82) is 0 Å². The number of nitrogens with zero attached hydrogens (tertiary/aromatic N) is 2. The van der Waals surface area contributed by atoms with Crippen LogP contribution in [0.4, 0.5) is 10.6 Å². The van der Waals surface area contributed by atoms with Crippen molar-refractivity contribution >= 4 is 32.9 Å². The van der Waals surface area contributed by atoms with Crippen LogP contribution in [0, 0.1) is 0 Å². The minimum Gasteiger partial charge on any atom is -0.496 e. The normalized spacial score (nSPS) is 16.0. The topological polar surface area (TPSA) is 140 Å². The molecule has 2 aromatic carbocycles. The van der Waals surface area contributed by atoms with E-state index in [2.05, 4.69) is 9.88 Å². The maximum absolute atomic E-state index is 13.2. The maximum atomic E-state index is 13.2. The molecule has 1 saturated heterocycles. The molecule has 12 heteroatoms. The van der Waals surface area contributed by atoms with Gasteiger partial charge in [-0.25, -0.2) is 13.2 Å². The van der Waals surface area contributed by atoms with Crippen LogP contribution in [0.3, 0.4) is 0 Å². The molecule has 2 heterocycles. The molecular weight excluding hydrogens is 478 g/mol. The molecule has 1 aliphatic heterocycles. The average molecular weight is 506 g/mol.